The van der Waals surface area contributed by atoms with Crippen molar-refractivity contribution in [2.75, 3.05) is 26.9 Å². The number of benzene rings is 1. The maximum atomic E-state index is 13.8. The first-order valence-corrected chi connectivity index (χ1v) is 9.02. The minimum absolute atomic E-state index is 0.118. The number of carbonyl (C=O) groups is 1. The lowest BCUT2D eigenvalue weighted by atomic mass is 10.1. The van der Waals surface area contributed by atoms with Crippen molar-refractivity contribution >= 4 is 17.6 Å². The van der Waals surface area contributed by atoms with Crippen LogP contribution in [-0.4, -0.2) is 54.7 Å². The summed E-state index contributed by atoms with van der Waals surface area (Å²) in [5.74, 6) is -2.52. The third-order valence-corrected chi connectivity index (χ3v) is 4.74. The summed E-state index contributed by atoms with van der Waals surface area (Å²) in [6, 6.07) is 7.77. The van der Waals surface area contributed by atoms with E-state index < -0.39 is 30.6 Å². The number of halogens is 3. The minimum atomic E-state index is -3.09. The molecule has 0 spiro atoms. The van der Waals surface area contributed by atoms with Crippen molar-refractivity contribution in [1.82, 2.24) is 15.2 Å². The van der Waals surface area contributed by atoms with Crippen LogP contribution < -0.4 is 10.1 Å². The van der Waals surface area contributed by atoms with Gasteiger partial charge in [0.2, 0.25) is 0 Å². The van der Waals surface area contributed by atoms with Gasteiger partial charge in [-0.05, 0) is 42.0 Å². The van der Waals surface area contributed by atoms with Crippen molar-refractivity contribution in [2.24, 2.45) is 0 Å². The van der Waals surface area contributed by atoms with E-state index in [1.165, 1.54) is 11.9 Å². The molecule has 2 aromatic rings. The largest absolute Gasteiger partial charge is 0.491 e. The molecule has 0 saturated carbocycles. The summed E-state index contributed by atoms with van der Waals surface area (Å²) in [6.07, 6.45) is 3.19. The maximum Gasteiger partial charge on any atom is 0.318 e. The van der Waals surface area contributed by atoms with Gasteiger partial charge in [0.15, 0.2) is 0 Å². The average Bonchev–Trinajstić information content (AvgIpc) is 3.02. The summed E-state index contributed by atoms with van der Waals surface area (Å²) in [6.45, 7) is -0.809. The van der Waals surface area contributed by atoms with E-state index in [2.05, 4.69) is 10.3 Å². The molecule has 150 valence electrons. The second-order valence-corrected chi connectivity index (χ2v) is 6.89. The van der Waals surface area contributed by atoms with E-state index in [-0.39, 0.29) is 13.2 Å². The van der Waals surface area contributed by atoms with Crippen LogP contribution in [0, 0.1) is 0 Å². The second kappa shape index (κ2) is 8.70. The Labute approximate surface area is 166 Å². The average molecular weight is 412 g/mol. The Morgan fingerprint density at radius 1 is 1.36 bits per heavy atom. The lowest BCUT2D eigenvalue weighted by molar-refractivity contribution is -0.0225. The molecule has 2 unspecified atom stereocenters. The zero-order chi connectivity index (χ0) is 20.1. The van der Waals surface area contributed by atoms with Crippen molar-refractivity contribution in [3.05, 3.63) is 59.4 Å². The highest BCUT2D eigenvalue weighted by molar-refractivity contribution is 6.30. The predicted octanol–water partition coefficient (Wildman–Crippen LogP) is 3.53. The molecule has 2 atom stereocenters. The van der Waals surface area contributed by atoms with Crippen molar-refractivity contribution < 1.29 is 23.0 Å². The van der Waals surface area contributed by atoms with Crippen LogP contribution in [0.3, 0.4) is 0 Å². The molecule has 1 fully saturated rings. The van der Waals surface area contributed by atoms with E-state index in [1.54, 1.807) is 48.8 Å². The number of likely N-dealkylation sites (N-methyl/N-ethyl adjacent to an activating group) is 1. The van der Waals surface area contributed by atoms with Gasteiger partial charge >= 0.3 is 6.03 Å². The molecule has 1 aromatic carbocycles. The molecule has 1 saturated heterocycles. The van der Waals surface area contributed by atoms with E-state index in [0.29, 0.717) is 10.8 Å². The molecule has 6 nitrogen and oxygen atoms in total. The third-order valence-electron chi connectivity index (χ3n) is 4.49. The standard InChI is InChI=1S/C19H20ClF2N3O3/c1-25(18(26)24-17-11-27-12-19(17,21)22)16(13-6-8-23-9-7-13)10-28-15-4-2-14(20)3-5-15/h2-9,16-17H,10-12H2,1H3,(H,24,26). The number of nitrogens with one attached hydrogen (secondary N) is 1. The number of hydrogen-bond donors (Lipinski definition) is 1. The summed E-state index contributed by atoms with van der Waals surface area (Å²) in [5.41, 5.74) is 0.760. The molecular formula is C19H20ClF2N3O3. The number of amides is 2. The third kappa shape index (κ3) is 4.88. The van der Waals surface area contributed by atoms with E-state index in [9.17, 15) is 13.6 Å². The zero-order valence-electron chi connectivity index (χ0n) is 15.1. The Hall–Kier alpha value is -2.45. The van der Waals surface area contributed by atoms with Gasteiger partial charge in [-0.3, -0.25) is 4.98 Å². The van der Waals surface area contributed by atoms with E-state index in [1.807, 2.05) is 0 Å². The Bertz CT molecular complexity index is 793. The normalized spacial score (nSPS) is 19.1. The summed E-state index contributed by atoms with van der Waals surface area (Å²) < 4.78 is 38.1. The number of aromatic nitrogens is 1. The van der Waals surface area contributed by atoms with Crippen molar-refractivity contribution in [2.45, 2.75) is 18.0 Å². The Morgan fingerprint density at radius 3 is 2.64 bits per heavy atom. The highest BCUT2D eigenvalue weighted by Crippen LogP contribution is 2.27. The fraction of sp³-hybridized carbons (Fsp3) is 0.368. The van der Waals surface area contributed by atoms with Crippen LogP contribution in [0.1, 0.15) is 11.6 Å². The number of urea groups is 1. The summed E-state index contributed by atoms with van der Waals surface area (Å²) in [4.78, 5) is 17.9. The fourth-order valence-corrected chi connectivity index (χ4v) is 2.92. The lowest BCUT2D eigenvalue weighted by Gasteiger charge is -2.30. The van der Waals surface area contributed by atoms with Gasteiger partial charge < -0.3 is 19.7 Å². The quantitative estimate of drug-likeness (QED) is 0.789. The first kappa shape index (κ1) is 20.3. The highest BCUT2D eigenvalue weighted by atomic mass is 35.5. The number of nitrogens with zero attached hydrogens (tertiary/aromatic N) is 2. The van der Waals surface area contributed by atoms with Crippen molar-refractivity contribution in [1.29, 1.82) is 0 Å². The molecule has 28 heavy (non-hydrogen) atoms. The second-order valence-electron chi connectivity index (χ2n) is 6.45. The smallest absolute Gasteiger partial charge is 0.318 e. The van der Waals surface area contributed by atoms with Gasteiger partial charge in [-0.1, -0.05) is 11.6 Å². The van der Waals surface area contributed by atoms with Crippen LogP contribution in [0.25, 0.3) is 0 Å². The monoisotopic (exact) mass is 411 g/mol. The van der Waals surface area contributed by atoms with Crippen LogP contribution in [0.5, 0.6) is 5.75 Å². The summed E-state index contributed by atoms with van der Waals surface area (Å²) in [5, 5.41) is 2.93. The molecule has 9 heteroatoms. The molecular weight excluding hydrogens is 392 g/mol. The van der Waals surface area contributed by atoms with Crippen LogP contribution in [-0.2, 0) is 4.74 Å². The van der Waals surface area contributed by atoms with Crippen LogP contribution >= 0.6 is 11.6 Å². The fourth-order valence-electron chi connectivity index (χ4n) is 2.80. The molecule has 3 rings (SSSR count). The number of ether oxygens (including phenoxy) is 2. The molecule has 1 aliphatic heterocycles. The molecule has 2 heterocycles. The van der Waals surface area contributed by atoms with Gasteiger partial charge in [0.1, 0.15) is 25.0 Å². The number of pyridine rings is 1. The van der Waals surface area contributed by atoms with Gasteiger partial charge in [0.25, 0.3) is 5.92 Å². The molecule has 1 aromatic heterocycles. The van der Waals surface area contributed by atoms with Gasteiger partial charge in [-0.25, -0.2) is 13.6 Å². The first-order chi connectivity index (χ1) is 13.4. The Kier molecular flexibility index (Phi) is 6.31. The number of alkyl halides is 2. The topological polar surface area (TPSA) is 63.7 Å². The number of hydrogen-bond acceptors (Lipinski definition) is 4. The Morgan fingerprint density at radius 2 is 2.04 bits per heavy atom. The van der Waals surface area contributed by atoms with Crippen molar-refractivity contribution in [3.8, 4) is 5.75 Å². The molecule has 1 aliphatic rings. The molecule has 0 bridgehead atoms. The molecule has 1 N–H and O–H groups in total. The SMILES string of the molecule is CN(C(=O)NC1COCC1(F)F)C(COc1ccc(Cl)cc1)c1ccncc1. The molecule has 2 amide bonds. The van der Waals surface area contributed by atoms with Crippen LogP contribution in [0.15, 0.2) is 48.8 Å². The molecule has 0 radical (unpaired) electrons. The van der Waals surface area contributed by atoms with E-state index in [4.69, 9.17) is 21.1 Å². The zero-order valence-corrected chi connectivity index (χ0v) is 15.9. The number of carbonyl (C=O) groups excluding carboxylic acids is 1. The first-order valence-electron chi connectivity index (χ1n) is 8.64. The minimum Gasteiger partial charge on any atom is -0.491 e. The van der Waals surface area contributed by atoms with Crippen molar-refractivity contribution in [3.63, 3.8) is 0 Å². The predicted molar refractivity (Wildman–Crippen MR) is 99.8 cm³/mol. The van der Waals surface area contributed by atoms with E-state index in [0.717, 1.165) is 5.56 Å². The van der Waals surface area contributed by atoms with Gasteiger partial charge in [-0.2, -0.15) is 0 Å². The summed E-state index contributed by atoms with van der Waals surface area (Å²) >= 11 is 5.87. The van der Waals surface area contributed by atoms with Gasteiger partial charge in [0.05, 0.1) is 12.6 Å². The highest BCUT2D eigenvalue weighted by Gasteiger charge is 2.46. The molecule has 0 aliphatic carbocycles. The Balaban J connectivity index is 1.72. The summed E-state index contributed by atoms with van der Waals surface area (Å²) in [7, 11) is 1.53. The van der Waals surface area contributed by atoms with Gasteiger partial charge in [0, 0.05) is 24.5 Å². The van der Waals surface area contributed by atoms with Gasteiger partial charge in [-0.15, -0.1) is 0 Å². The van der Waals surface area contributed by atoms with Crippen LogP contribution in [0.2, 0.25) is 5.02 Å². The lowest BCUT2D eigenvalue weighted by Crippen LogP contribution is -2.51. The van der Waals surface area contributed by atoms with E-state index >= 15 is 0 Å². The number of rotatable bonds is 6. The van der Waals surface area contributed by atoms with Crippen LogP contribution in [0.4, 0.5) is 13.6 Å². The maximum absolute atomic E-state index is 13.8.